The SMILES string of the molecule is CC(C)OCCNc1ccc(Cl)cc1I. The first kappa shape index (κ1) is 13.1. The molecule has 0 bridgehead atoms. The predicted octanol–water partition coefficient (Wildman–Crippen LogP) is 3.78. The van der Waals surface area contributed by atoms with Gasteiger partial charge in [0.05, 0.1) is 12.7 Å². The van der Waals surface area contributed by atoms with Crippen LogP contribution in [0, 0.1) is 3.57 Å². The summed E-state index contributed by atoms with van der Waals surface area (Å²) in [6.45, 7) is 5.60. The molecule has 0 saturated heterocycles. The first-order valence-corrected chi connectivity index (χ1v) is 6.36. The lowest BCUT2D eigenvalue weighted by atomic mass is 10.3. The summed E-state index contributed by atoms with van der Waals surface area (Å²) in [5, 5.41) is 4.07. The van der Waals surface area contributed by atoms with Gasteiger partial charge >= 0.3 is 0 Å². The van der Waals surface area contributed by atoms with Gasteiger partial charge in [-0.25, -0.2) is 0 Å². The summed E-state index contributed by atoms with van der Waals surface area (Å²) in [4.78, 5) is 0. The van der Waals surface area contributed by atoms with E-state index in [0.717, 1.165) is 27.4 Å². The van der Waals surface area contributed by atoms with E-state index in [1.807, 2.05) is 32.0 Å². The second kappa shape index (κ2) is 6.55. The van der Waals surface area contributed by atoms with Crippen molar-refractivity contribution >= 4 is 39.9 Å². The van der Waals surface area contributed by atoms with Gasteiger partial charge in [-0.1, -0.05) is 11.6 Å². The second-order valence-corrected chi connectivity index (χ2v) is 5.07. The summed E-state index contributed by atoms with van der Waals surface area (Å²) in [6, 6.07) is 5.81. The van der Waals surface area contributed by atoms with Crippen LogP contribution in [0.15, 0.2) is 18.2 Å². The van der Waals surface area contributed by atoms with Crippen LogP contribution in [0.25, 0.3) is 0 Å². The molecule has 1 aromatic rings. The molecule has 0 radical (unpaired) electrons. The van der Waals surface area contributed by atoms with Gasteiger partial charge in [-0.05, 0) is 54.6 Å². The Morgan fingerprint density at radius 3 is 2.80 bits per heavy atom. The normalized spacial score (nSPS) is 10.7. The Labute approximate surface area is 109 Å². The number of rotatable bonds is 5. The summed E-state index contributed by atoms with van der Waals surface area (Å²) >= 11 is 8.13. The minimum Gasteiger partial charge on any atom is -0.382 e. The molecule has 84 valence electrons. The molecule has 0 unspecified atom stereocenters. The van der Waals surface area contributed by atoms with Crippen LogP contribution < -0.4 is 5.32 Å². The zero-order chi connectivity index (χ0) is 11.3. The van der Waals surface area contributed by atoms with Gasteiger partial charge in [0.25, 0.3) is 0 Å². The van der Waals surface area contributed by atoms with Gasteiger partial charge in [0.2, 0.25) is 0 Å². The molecule has 0 heterocycles. The van der Waals surface area contributed by atoms with Crippen molar-refractivity contribution in [3.05, 3.63) is 26.8 Å². The van der Waals surface area contributed by atoms with E-state index in [1.54, 1.807) is 0 Å². The lowest BCUT2D eigenvalue weighted by Crippen LogP contribution is -2.13. The quantitative estimate of drug-likeness (QED) is 0.651. The fraction of sp³-hybridized carbons (Fsp3) is 0.455. The van der Waals surface area contributed by atoms with Crippen molar-refractivity contribution in [1.29, 1.82) is 0 Å². The van der Waals surface area contributed by atoms with Crippen LogP contribution in [-0.4, -0.2) is 19.3 Å². The largest absolute Gasteiger partial charge is 0.382 e. The zero-order valence-electron chi connectivity index (χ0n) is 8.89. The van der Waals surface area contributed by atoms with E-state index in [1.165, 1.54) is 0 Å². The maximum absolute atomic E-state index is 5.86. The summed E-state index contributed by atoms with van der Waals surface area (Å²) in [5.74, 6) is 0. The Morgan fingerprint density at radius 1 is 1.47 bits per heavy atom. The van der Waals surface area contributed by atoms with E-state index >= 15 is 0 Å². The molecule has 0 saturated carbocycles. The lowest BCUT2D eigenvalue weighted by molar-refractivity contribution is 0.0870. The van der Waals surface area contributed by atoms with Crippen molar-refractivity contribution in [1.82, 2.24) is 0 Å². The number of ether oxygens (including phenoxy) is 1. The Bertz CT molecular complexity index is 317. The lowest BCUT2D eigenvalue weighted by Gasteiger charge is -2.10. The van der Waals surface area contributed by atoms with Crippen molar-refractivity contribution in [2.24, 2.45) is 0 Å². The third-order valence-corrected chi connectivity index (χ3v) is 2.93. The first-order chi connectivity index (χ1) is 7.09. The highest BCUT2D eigenvalue weighted by Crippen LogP contribution is 2.21. The maximum Gasteiger partial charge on any atom is 0.0642 e. The third kappa shape index (κ3) is 5.04. The van der Waals surface area contributed by atoms with Gasteiger partial charge in [0, 0.05) is 20.8 Å². The molecule has 0 aliphatic rings. The molecule has 0 atom stereocenters. The molecule has 15 heavy (non-hydrogen) atoms. The molecule has 1 aromatic carbocycles. The Balaban J connectivity index is 2.37. The summed E-state index contributed by atoms with van der Waals surface area (Å²) in [7, 11) is 0. The van der Waals surface area contributed by atoms with E-state index in [-0.39, 0.29) is 6.10 Å². The van der Waals surface area contributed by atoms with Crippen LogP contribution in [0.4, 0.5) is 5.69 Å². The van der Waals surface area contributed by atoms with Gasteiger partial charge in [0.1, 0.15) is 0 Å². The van der Waals surface area contributed by atoms with Crippen molar-refractivity contribution in [3.63, 3.8) is 0 Å². The summed E-state index contributed by atoms with van der Waals surface area (Å²) in [6.07, 6.45) is 0.288. The average molecular weight is 340 g/mol. The smallest absolute Gasteiger partial charge is 0.0642 e. The summed E-state index contributed by atoms with van der Waals surface area (Å²) in [5.41, 5.74) is 1.10. The molecule has 0 amide bonds. The van der Waals surface area contributed by atoms with E-state index < -0.39 is 0 Å². The number of benzene rings is 1. The molecular formula is C11H15ClINO. The molecule has 1 N–H and O–H groups in total. The van der Waals surface area contributed by atoms with Gasteiger partial charge in [-0.2, -0.15) is 0 Å². The van der Waals surface area contributed by atoms with Gasteiger partial charge in [-0.3, -0.25) is 0 Å². The van der Waals surface area contributed by atoms with Crippen molar-refractivity contribution in [2.45, 2.75) is 20.0 Å². The van der Waals surface area contributed by atoms with Crippen LogP contribution in [0.3, 0.4) is 0 Å². The van der Waals surface area contributed by atoms with Crippen LogP contribution >= 0.6 is 34.2 Å². The van der Waals surface area contributed by atoms with Crippen molar-refractivity contribution in [2.75, 3.05) is 18.5 Å². The first-order valence-electron chi connectivity index (χ1n) is 4.90. The molecule has 1 rings (SSSR count). The molecule has 0 aliphatic heterocycles. The monoisotopic (exact) mass is 339 g/mol. The highest BCUT2D eigenvalue weighted by atomic mass is 127. The van der Waals surface area contributed by atoms with Gasteiger partial charge in [-0.15, -0.1) is 0 Å². The molecule has 0 fully saturated rings. The van der Waals surface area contributed by atoms with Crippen LogP contribution in [-0.2, 0) is 4.74 Å². The van der Waals surface area contributed by atoms with Crippen LogP contribution in [0.1, 0.15) is 13.8 Å². The molecule has 0 aromatic heterocycles. The standard InChI is InChI=1S/C11H15ClINO/c1-8(2)15-6-5-14-11-4-3-9(12)7-10(11)13/h3-4,7-8,14H,5-6H2,1-2H3. The number of halogens is 2. The molecular weight excluding hydrogens is 324 g/mol. The minimum atomic E-state index is 0.288. The van der Waals surface area contributed by atoms with Crippen LogP contribution in [0.5, 0.6) is 0 Å². The maximum atomic E-state index is 5.86. The van der Waals surface area contributed by atoms with E-state index in [4.69, 9.17) is 16.3 Å². The highest BCUT2D eigenvalue weighted by molar-refractivity contribution is 14.1. The van der Waals surface area contributed by atoms with Gasteiger partial charge < -0.3 is 10.1 Å². The minimum absolute atomic E-state index is 0.288. The fourth-order valence-corrected chi connectivity index (χ4v) is 2.18. The van der Waals surface area contributed by atoms with E-state index in [0.29, 0.717) is 0 Å². The van der Waals surface area contributed by atoms with E-state index in [9.17, 15) is 0 Å². The Morgan fingerprint density at radius 2 is 2.20 bits per heavy atom. The third-order valence-electron chi connectivity index (χ3n) is 1.80. The van der Waals surface area contributed by atoms with E-state index in [2.05, 4.69) is 27.9 Å². The second-order valence-electron chi connectivity index (χ2n) is 3.47. The molecule has 2 nitrogen and oxygen atoms in total. The van der Waals surface area contributed by atoms with Crippen molar-refractivity contribution in [3.8, 4) is 0 Å². The predicted molar refractivity (Wildman–Crippen MR) is 73.7 cm³/mol. The fourth-order valence-electron chi connectivity index (χ4n) is 1.11. The molecule has 4 heteroatoms. The number of nitrogens with one attached hydrogen (secondary N) is 1. The number of hydrogen-bond donors (Lipinski definition) is 1. The zero-order valence-corrected chi connectivity index (χ0v) is 11.8. The number of anilines is 1. The summed E-state index contributed by atoms with van der Waals surface area (Å²) < 4.78 is 6.57. The molecule has 0 spiro atoms. The topological polar surface area (TPSA) is 21.3 Å². The van der Waals surface area contributed by atoms with Gasteiger partial charge in [0.15, 0.2) is 0 Å². The van der Waals surface area contributed by atoms with Crippen molar-refractivity contribution < 1.29 is 4.74 Å². The molecule has 0 aliphatic carbocycles. The van der Waals surface area contributed by atoms with Crippen LogP contribution in [0.2, 0.25) is 5.02 Å². The highest BCUT2D eigenvalue weighted by Gasteiger charge is 1.99. The number of hydrogen-bond acceptors (Lipinski definition) is 2. The Kier molecular flexibility index (Phi) is 5.71. The average Bonchev–Trinajstić information content (AvgIpc) is 2.14. The Hall–Kier alpha value is -0.000000000000000111.